The molecule has 0 aliphatic carbocycles. The summed E-state index contributed by atoms with van der Waals surface area (Å²) in [5.41, 5.74) is 2.09. The van der Waals surface area contributed by atoms with E-state index in [1.807, 2.05) is 11.4 Å². The highest BCUT2D eigenvalue weighted by Crippen LogP contribution is 2.24. The van der Waals surface area contributed by atoms with Gasteiger partial charge in [-0.25, -0.2) is 20.6 Å². The SMILES string of the molecule is Cc1cn(Cc2nc(NN)c3ccsc3n2)c(=O)[nH]c1=O. The Morgan fingerprint density at radius 1 is 1.43 bits per heavy atom. The number of aromatic amines is 1. The van der Waals surface area contributed by atoms with Crippen molar-refractivity contribution in [2.24, 2.45) is 5.84 Å². The molecule has 3 rings (SSSR count). The van der Waals surface area contributed by atoms with E-state index in [0.29, 0.717) is 17.2 Å². The predicted octanol–water partition coefficient (Wildman–Crippen LogP) is 0.184. The number of rotatable bonds is 3. The topological polar surface area (TPSA) is 119 Å². The first-order valence-electron chi connectivity index (χ1n) is 6.09. The molecule has 3 aromatic rings. The van der Waals surface area contributed by atoms with Gasteiger partial charge in [-0.1, -0.05) is 0 Å². The average molecular weight is 304 g/mol. The van der Waals surface area contributed by atoms with Crippen LogP contribution in [0.2, 0.25) is 0 Å². The van der Waals surface area contributed by atoms with E-state index < -0.39 is 11.2 Å². The molecule has 0 radical (unpaired) electrons. The van der Waals surface area contributed by atoms with Crippen molar-refractivity contribution < 1.29 is 0 Å². The first-order chi connectivity index (χ1) is 10.1. The lowest BCUT2D eigenvalue weighted by molar-refractivity contribution is 0.684. The van der Waals surface area contributed by atoms with Crippen LogP contribution in [-0.2, 0) is 6.54 Å². The normalized spacial score (nSPS) is 11.0. The van der Waals surface area contributed by atoms with Crippen molar-refractivity contribution in [3.8, 4) is 0 Å². The van der Waals surface area contributed by atoms with Crippen molar-refractivity contribution >= 4 is 27.4 Å². The van der Waals surface area contributed by atoms with Crippen LogP contribution in [0.15, 0.2) is 27.2 Å². The second-order valence-electron chi connectivity index (χ2n) is 4.47. The molecule has 0 unspecified atom stereocenters. The van der Waals surface area contributed by atoms with E-state index in [-0.39, 0.29) is 6.54 Å². The molecule has 0 saturated carbocycles. The summed E-state index contributed by atoms with van der Waals surface area (Å²) in [6.45, 7) is 1.78. The van der Waals surface area contributed by atoms with Gasteiger partial charge in [0, 0.05) is 11.8 Å². The Hall–Kier alpha value is -2.52. The summed E-state index contributed by atoms with van der Waals surface area (Å²) in [5.74, 6) is 6.40. The summed E-state index contributed by atoms with van der Waals surface area (Å²) >= 11 is 1.46. The van der Waals surface area contributed by atoms with Gasteiger partial charge in [-0.2, -0.15) is 0 Å². The fourth-order valence-electron chi connectivity index (χ4n) is 1.97. The van der Waals surface area contributed by atoms with Crippen LogP contribution in [0.5, 0.6) is 0 Å². The number of aryl methyl sites for hydroxylation is 1. The molecule has 0 aliphatic rings. The van der Waals surface area contributed by atoms with Crippen molar-refractivity contribution in [1.29, 1.82) is 0 Å². The Morgan fingerprint density at radius 3 is 3.00 bits per heavy atom. The van der Waals surface area contributed by atoms with E-state index >= 15 is 0 Å². The fourth-order valence-corrected chi connectivity index (χ4v) is 2.75. The zero-order valence-corrected chi connectivity index (χ0v) is 11.9. The van der Waals surface area contributed by atoms with Gasteiger partial charge in [-0.05, 0) is 18.4 Å². The van der Waals surface area contributed by atoms with Crippen LogP contribution in [0.25, 0.3) is 10.2 Å². The first kappa shape index (κ1) is 13.5. The maximum atomic E-state index is 11.8. The lowest BCUT2D eigenvalue weighted by atomic mass is 10.3. The second kappa shape index (κ2) is 5.11. The minimum absolute atomic E-state index is 0.152. The van der Waals surface area contributed by atoms with Crippen molar-refractivity contribution in [1.82, 2.24) is 19.5 Å². The Bertz CT molecular complexity index is 925. The number of nitrogens with two attached hydrogens (primary N) is 1. The minimum atomic E-state index is -0.497. The molecule has 0 saturated heterocycles. The van der Waals surface area contributed by atoms with Gasteiger partial charge in [-0.15, -0.1) is 11.3 Å². The fraction of sp³-hybridized carbons (Fsp3) is 0.167. The number of H-pyrrole nitrogens is 1. The van der Waals surface area contributed by atoms with Crippen molar-refractivity contribution in [3.63, 3.8) is 0 Å². The minimum Gasteiger partial charge on any atom is -0.308 e. The molecule has 108 valence electrons. The molecule has 0 atom stereocenters. The summed E-state index contributed by atoms with van der Waals surface area (Å²) < 4.78 is 1.35. The lowest BCUT2D eigenvalue weighted by Gasteiger charge is -2.07. The highest BCUT2D eigenvalue weighted by Gasteiger charge is 2.10. The molecule has 0 fully saturated rings. The van der Waals surface area contributed by atoms with Crippen LogP contribution in [0.3, 0.4) is 0 Å². The molecule has 3 heterocycles. The summed E-state index contributed by atoms with van der Waals surface area (Å²) in [4.78, 5) is 34.8. The van der Waals surface area contributed by atoms with E-state index in [2.05, 4.69) is 20.4 Å². The van der Waals surface area contributed by atoms with Crippen LogP contribution < -0.4 is 22.5 Å². The van der Waals surface area contributed by atoms with Crippen LogP contribution in [0.1, 0.15) is 11.4 Å². The number of nitrogens with one attached hydrogen (secondary N) is 2. The number of fused-ring (bicyclic) bond motifs is 1. The van der Waals surface area contributed by atoms with Gasteiger partial charge in [0.2, 0.25) is 0 Å². The number of thiophene rings is 1. The first-order valence-corrected chi connectivity index (χ1v) is 6.97. The van der Waals surface area contributed by atoms with Gasteiger partial charge in [0.25, 0.3) is 5.56 Å². The van der Waals surface area contributed by atoms with Gasteiger partial charge >= 0.3 is 5.69 Å². The van der Waals surface area contributed by atoms with Gasteiger partial charge in [0.05, 0.1) is 11.9 Å². The number of hydrogen-bond acceptors (Lipinski definition) is 7. The largest absolute Gasteiger partial charge is 0.328 e. The molecular formula is C12H12N6O2S. The number of aromatic nitrogens is 4. The second-order valence-corrected chi connectivity index (χ2v) is 5.37. The smallest absolute Gasteiger partial charge is 0.308 e. The van der Waals surface area contributed by atoms with Crippen LogP contribution >= 0.6 is 11.3 Å². The molecular weight excluding hydrogens is 292 g/mol. The molecule has 0 aliphatic heterocycles. The van der Waals surface area contributed by atoms with E-state index in [9.17, 15) is 9.59 Å². The van der Waals surface area contributed by atoms with Crippen LogP contribution in [0.4, 0.5) is 5.82 Å². The molecule has 4 N–H and O–H groups in total. The lowest BCUT2D eigenvalue weighted by Crippen LogP contribution is -2.31. The number of nitrogen functional groups attached to an aromatic ring is 1. The molecule has 3 aromatic heterocycles. The summed E-state index contributed by atoms with van der Waals surface area (Å²) in [6.07, 6.45) is 1.48. The van der Waals surface area contributed by atoms with Gasteiger partial charge in [0.1, 0.15) is 4.83 Å². The highest BCUT2D eigenvalue weighted by molar-refractivity contribution is 7.16. The Labute approximate surface area is 122 Å². The van der Waals surface area contributed by atoms with Crippen molar-refractivity contribution in [2.45, 2.75) is 13.5 Å². The maximum absolute atomic E-state index is 11.8. The number of hydrogen-bond donors (Lipinski definition) is 3. The van der Waals surface area contributed by atoms with Crippen molar-refractivity contribution in [3.05, 3.63) is 49.9 Å². The van der Waals surface area contributed by atoms with E-state index in [1.165, 1.54) is 22.1 Å². The van der Waals surface area contributed by atoms with Gasteiger partial charge in [-0.3, -0.25) is 14.3 Å². The summed E-state index contributed by atoms with van der Waals surface area (Å²) in [5, 5.41) is 2.72. The average Bonchev–Trinajstić information content (AvgIpc) is 2.92. The quantitative estimate of drug-likeness (QED) is 0.469. The molecule has 0 bridgehead atoms. The van der Waals surface area contributed by atoms with Crippen LogP contribution in [-0.4, -0.2) is 19.5 Å². The standard InChI is InChI=1S/C12H12N6O2S/c1-6-4-18(12(20)16-10(6)19)5-8-14-9(17-13)7-2-3-21-11(7)15-8/h2-4H,5,13H2,1H3,(H,14,15,17)(H,16,19,20). The number of nitrogens with zero attached hydrogens (tertiary/aromatic N) is 3. The number of hydrazine groups is 1. The summed E-state index contributed by atoms with van der Waals surface area (Å²) in [6, 6.07) is 1.87. The van der Waals surface area contributed by atoms with E-state index in [4.69, 9.17) is 5.84 Å². The van der Waals surface area contributed by atoms with Gasteiger partial charge < -0.3 is 5.43 Å². The Balaban J connectivity index is 2.08. The third-order valence-electron chi connectivity index (χ3n) is 3.01. The molecule has 9 heteroatoms. The molecule has 0 aromatic carbocycles. The third kappa shape index (κ3) is 2.43. The zero-order chi connectivity index (χ0) is 15.0. The summed E-state index contributed by atoms with van der Waals surface area (Å²) in [7, 11) is 0. The molecule has 21 heavy (non-hydrogen) atoms. The van der Waals surface area contributed by atoms with Gasteiger partial charge in [0.15, 0.2) is 11.6 Å². The Kier molecular flexibility index (Phi) is 3.28. The molecule has 8 nitrogen and oxygen atoms in total. The third-order valence-corrected chi connectivity index (χ3v) is 3.82. The van der Waals surface area contributed by atoms with Crippen LogP contribution in [0, 0.1) is 6.92 Å². The van der Waals surface area contributed by atoms with E-state index in [1.54, 1.807) is 6.92 Å². The zero-order valence-electron chi connectivity index (χ0n) is 11.1. The number of anilines is 1. The van der Waals surface area contributed by atoms with E-state index in [0.717, 1.165) is 10.2 Å². The monoisotopic (exact) mass is 304 g/mol. The molecule has 0 spiro atoms. The maximum Gasteiger partial charge on any atom is 0.328 e. The predicted molar refractivity (Wildman–Crippen MR) is 80.4 cm³/mol. The Morgan fingerprint density at radius 2 is 2.24 bits per heavy atom. The highest BCUT2D eigenvalue weighted by atomic mass is 32.1. The molecule has 0 amide bonds. The van der Waals surface area contributed by atoms with Crippen molar-refractivity contribution in [2.75, 3.05) is 5.43 Å².